The minimum Gasteiger partial charge on any atom is -0.335 e. The summed E-state index contributed by atoms with van der Waals surface area (Å²) in [6.45, 7) is 2.70. The fourth-order valence-corrected chi connectivity index (χ4v) is 5.92. The van der Waals surface area contributed by atoms with Gasteiger partial charge in [0.1, 0.15) is 4.90 Å². The number of pyridine rings is 1. The van der Waals surface area contributed by atoms with Gasteiger partial charge in [0.05, 0.1) is 28.0 Å². The molecule has 5 rings (SSSR count). The molecule has 2 aromatic carbocycles. The molecule has 174 valence electrons. The first-order valence-corrected chi connectivity index (χ1v) is 12.6. The Kier molecular flexibility index (Phi) is 5.89. The molecule has 0 radical (unpaired) electrons. The number of anilines is 1. The molecule has 1 aliphatic heterocycles. The van der Waals surface area contributed by atoms with Gasteiger partial charge in [-0.1, -0.05) is 54.0 Å². The minimum absolute atomic E-state index is 0.0841. The third-order valence-electron chi connectivity index (χ3n) is 6.00. The number of aryl methyl sites for hydroxylation is 1. The molecule has 1 amide bonds. The molecule has 1 aliphatic rings. The van der Waals surface area contributed by atoms with E-state index in [9.17, 15) is 13.2 Å². The smallest absolute Gasteiger partial charge is 0.259 e. The topological polar surface area (TPSA) is 105 Å². The Morgan fingerprint density at radius 2 is 1.71 bits per heavy atom. The monoisotopic (exact) mass is 476 g/mol. The molecule has 1 fully saturated rings. The average Bonchev–Trinajstić information content (AvgIpc) is 3.25. The molecule has 2 aromatic heterocycles. The molecular formula is C25H24N4O4S. The molecule has 8 nitrogen and oxygen atoms in total. The van der Waals surface area contributed by atoms with Crippen LogP contribution in [0.3, 0.4) is 0 Å². The molecule has 1 N–H and O–H groups in total. The highest BCUT2D eigenvalue weighted by atomic mass is 32.2. The normalized spacial score (nSPS) is 14.9. The van der Waals surface area contributed by atoms with Gasteiger partial charge in [0.25, 0.3) is 11.6 Å². The van der Waals surface area contributed by atoms with E-state index in [-0.39, 0.29) is 16.3 Å². The SMILES string of the molecule is Cc1noc2nc(-c3ccccc3)cc(C(=O)Nc3ccccc3S(=O)(=O)N3CCCCC3)c12. The van der Waals surface area contributed by atoms with Crippen molar-refractivity contribution in [1.82, 2.24) is 14.4 Å². The first-order chi connectivity index (χ1) is 16.4. The lowest BCUT2D eigenvalue weighted by Gasteiger charge is -2.26. The van der Waals surface area contributed by atoms with Crippen LogP contribution in [0.1, 0.15) is 35.3 Å². The van der Waals surface area contributed by atoms with E-state index in [0.29, 0.717) is 35.4 Å². The number of benzene rings is 2. The number of hydrogen-bond donors (Lipinski definition) is 1. The molecule has 0 saturated carbocycles. The summed E-state index contributed by atoms with van der Waals surface area (Å²) >= 11 is 0. The number of carbonyl (C=O) groups is 1. The van der Waals surface area contributed by atoms with Crippen molar-refractivity contribution >= 4 is 32.7 Å². The standard InChI is InChI=1S/C25H24N4O4S/c1-17-23-19(16-21(27-25(23)33-28-17)18-10-4-2-5-11-18)24(30)26-20-12-6-7-13-22(20)34(31,32)29-14-8-3-9-15-29/h2,4-7,10-13,16H,3,8-9,14-15H2,1H3,(H,26,30). The molecule has 1 saturated heterocycles. The van der Waals surface area contributed by atoms with E-state index in [4.69, 9.17) is 4.52 Å². The van der Waals surface area contributed by atoms with Crippen LogP contribution in [-0.4, -0.2) is 41.9 Å². The third kappa shape index (κ3) is 4.08. The van der Waals surface area contributed by atoms with Gasteiger partial charge in [0.2, 0.25) is 10.0 Å². The van der Waals surface area contributed by atoms with E-state index in [1.165, 1.54) is 10.4 Å². The highest BCUT2D eigenvalue weighted by Gasteiger charge is 2.29. The van der Waals surface area contributed by atoms with Gasteiger partial charge in [-0.05, 0) is 38.0 Å². The minimum atomic E-state index is -3.74. The van der Waals surface area contributed by atoms with Gasteiger partial charge in [0, 0.05) is 18.7 Å². The maximum Gasteiger partial charge on any atom is 0.259 e. The number of sulfonamides is 1. The third-order valence-corrected chi connectivity index (χ3v) is 7.96. The largest absolute Gasteiger partial charge is 0.335 e. The molecule has 0 unspecified atom stereocenters. The van der Waals surface area contributed by atoms with E-state index in [0.717, 1.165) is 24.8 Å². The number of piperidine rings is 1. The van der Waals surface area contributed by atoms with E-state index >= 15 is 0 Å². The Morgan fingerprint density at radius 1 is 1.00 bits per heavy atom. The Balaban J connectivity index is 1.55. The molecule has 0 atom stereocenters. The summed E-state index contributed by atoms with van der Waals surface area (Å²) in [5.74, 6) is -0.461. The lowest BCUT2D eigenvalue weighted by Crippen LogP contribution is -2.36. The van der Waals surface area contributed by atoms with Gasteiger partial charge in [-0.15, -0.1) is 0 Å². The highest BCUT2D eigenvalue weighted by molar-refractivity contribution is 7.89. The zero-order chi connectivity index (χ0) is 23.7. The van der Waals surface area contributed by atoms with E-state index < -0.39 is 15.9 Å². The molecule has 0 bridgehead atoms. The van der Waals surface area contributed by atoms with Crippen molar-refractivity contribution in [2.45, 2.75) is 31.1 Å². The van der Waals surface area contributed by atoms with Gasteiger partial charge < -0.3 is 9.84 Å². The quantitative estimate of drug-likeness (QED) is 0.450. The van der Waals surface area contributed by atoms with Crippen molar-refractivity contribution in [3.8, 4) is 11.3 Å². The van der Waals surface area contributed by atoms with Crippen LogP contribution in [0.25, 0.3) is 22.4 Å². The molecule has 34 heavy (non-hydrogen) atoms. The lowest BCUT2D eigenvalue weighted by atomic mass is 10.0. The Morgan fingerprint density at radius 3 is 2.47 bits per heavy atom. The predicted octanol–water partition coefficient (Wildman–Crippen LogP) is 4.63. The fraction of sp³-hybridized carbons (Fsp3) is 0.240. The van der Waals surface area contributed by atoms with Crippen molar-refractivity contribution < 1.29 is 17.7 Å². The number of fused-ring (bicyclic) bond motifs is 1. The zero-order valence-electron chi connectivity index (χ0n) is 18.7. The molecular weight excluding hydrogens is 452 g/mol. The Hall–Kier alpha value is -3.56. The number of carbonyl (C=O) groups excluding carboxylic acids is 1. The van der Waals surface area contributed by atoms with Crippen molar-refractivity contribution in [2.24, 2.45) is 0 Å². The first kappa shape index (κ1) is 22.2. The number of amides is 1. The van der Waals surface area contributed by atoms with Gasteiger partial charge >= 0.3 is 0 Å². The van der Waals surface area contributed by atoms with Gasteiger partial charge in [-0.25, -0.2) is 13.4 Å². The molecule has 0 spiro atoms. The van der Waals surface area contributed by atoms with Crippen LogP contribution in [0.5, 0.6) is 0 Å². The van der Waals surface area contributed by atoms with Crippen LogP contribution < -0.4 is 5.32 Å². The number of aromatic nitrogens is 2. The van der Waals surface area contributed by atoms with Crippen molar-refractivity contribution in [3.63, 3.8) is 0 Å². The summed E-state index contributed by atoms with van der Waals surface area (Å²) in [5.41, 5.74) is 2.70. The molecule has 4 aromatic rings. The number of nitrogens with zero attached hydrogens (tertiary/aromatic N) is 3. The summed E-state index contributed by atoms with van der Waals surface area (Å²) < 4.78 is 33.5. The van der Waals surface area contributed by atoms with Crippen LogP contribution in [0.2, 0.25) is 0 Å². The Labute approximate surface area is 197 Å². The van der Waals surface area contributed by atoms with E-state index in [1.54, 1.807) is 31.2 Å². The number of para-hydroxylation sites is 1. The highest BCUT2D eigenvalue weighted by Crippen LogP contribution is 2.30. The van der Waals surface area contributed by atoms with Gasteiger partial charge in [0.15, 0.2) is 0 Å². The van der Waals surface area contributed by atoms with E-state index in [1.807, 2.05) is 30.3 Å². The predicted molar refractivity (Wildman–Crippen MR) is 129 cm³/mol. The second-order valence-corrected chi connectivity index (χ2v) is 10.2. The van der Waals surface area contributed by atoms with Crippen LogP contribution in [0.15, 0.2) is 70.1 Å². The van der Waals surface area contributed by atoms with Crippen LogP contribution in [0, 0.1) is 6.92 Å². The van der Waals surface area contributed by atoms with Crippen molar-refractivity contribution in [1.29, 1.82) is 0 Å². The van der Waals surface area contributed by atoms with Crippen molar-refractivity contribution in [2.75, 3.05) is 18.4 Å². The fourth-order valence-electron chi connectivity index (χ4n) is 4.26. The molecule has 9 heteroatoms. The summed E-state index contributed by atoms with van der Waals surface area (Å²) in [4.78, 5) is 18.1. The maximum atomic E-state index is 13.5. The molecule has 3 heterocycles. The second-order valence-electron chi connectivity index (χ2n) is 8.28. The number of rotatable bonds is 5. The first-order valence-electron chi connectivity index (χ1n) is 11.2. The number of hydrogen-bond acceptors (Lipinski definition) is 6. The van der Waals surface area contributed by atoms with Gasteiger partial charge in [-0.3, -0.25) is 4.79 Å². The molecule has 0 aliphatic carbocycles. The second kappa shape index (κ2) is 9.00. The van der Waals surface area contributed by atoms with Crippen LogP contribution in [0.4, 0.5) is 5.69 Å². The summed E-state index contributed by atoms with van der Waals surface area (Å²) in [6.07, 6.45) is 2.68. The van der Waals surface area contributed by atoms with E-state index in [2.05, 4.69) is 15.5 Å². The Bertz CT molecular complexity index is 1460. The summed E-state index contributed by atoms with van der Waals surface area (Å²) in [5, 5.41) is 7.29. The van der Waals surface area contributed by atoms with Crippen LogP contribution in [-0.2, 0) is 10.0 Å². The van der Waals surface area contributed by atoms with Crippen LogP contribution >= 0.6 is 0 Å². The number of nitrogens with one attached hydrogen (secondary N) is 1. The van der Waals surface area contributed by atoms with Gasteiger partial charge in [-0.2, -0.15) is 4.31 Å². The lowest BCUT2D eigenvalue weighted by molar-refractivity contribution is 0.102. The zero-order valence-corrected chi connectivity index (χ0v) is 19.5. The van der Waals surface area contributed by atoms with Crippen molar-refractivity contribution in [3.05, 3.63) is 71.9 Å². The maximum absolute atomic E-state index is 13.5. The summed E-state index contributed by atoms with van der Waals surface area (Å²) in [6, 6.07) is 17.6. The summed E-state index contributed by atoms with van der Waals surface area (Å²) in [7, 11) is -3.74. The average molecular weight is 477 g/mol.